The van der Waals surface area contributed by atoms with Crippen LogP contribution in [-0.4, -0.2) is 16.6 Å². The summed E-state index contributed by atoms with van der Waals surface area (Å²) in [6, 6.07) is 0. The summed E-state index contributed by atoms with van der Waals surface area (Å²) in [4.78, 5) is 7.73. The van der Waals surface area contributed by atoms with E-state index in [1.54, 1.807) is 12.4 Å². The first-order valence-electron chi connectivity index (χ1n) is 3.62. The maximum atomic E-state index is 5.54. The Morgan fingerprint density at radius 3 is 2.75 bits per heavy atom. The molecule has 1 aliphatic heterocycles. The van der Waals surface area contributed by atoms with Gasteiger partial charge in [-0.3, -0.25) is 0 Å². The lowest BCUT2D eigenvalue weighted by Crippen LogP contribution is -1.97. The van der Waals surface area contributed by atoms with Gasteiger partial charge in [0.05, 0.1) is 6.61 Å². The quantitative estimate of drug-likeness (QED) is 0.490. The third kappa shape index (κ3) is 1.47. The van der Waals surface area contributed by atoms with E-state index in [9.17, 15) is 0 Å². The van der Waals surface area contributed by atoms with Crippen LogP contribution in [0.4, 0.5) is 0 Å². The lowest BCUT2D eigenvalue weighted by molar-refractivity contribution is 0.129. The molecular formula is C8H7ClN2O. The Bertz CT molecular complexity index is 296. The normalized spacial score (nSPS) is 21.6. The molecule has 4 heteroatoms. The highest BCUT2D eigenvalue weighted by Crippen LogP contribution is 2.21. The van der Waals surface area contributed by atoms with Gasteiger partial charge in [0, 0.05) is 18.0 Å². The van der Waals surface area contributed by atoms with Gasteiger partial charge in [-0.15, -0.1) is 0 Å². The van der Waals surface area contributed by atoms with E-state index in [0.717, 1.165) is 5.56 Å². The van der Waals surface area contributed by atoms with E-state index >= 15 is 0 Å². The van der Waals surface area contributed by atoms with Crippen molar-refractivity contribution in [1.29, 1.82) is 0 Å². The average Bonchev–Trinajstić information content (AvgIpc) is 2.58. The Balaban J connectivity index is 2.23. The van der Waals surface area contributed by atoms with E-state index in [-0.39, 0.29) is 11.4 Å². The standard InChI is InChI=1S/C8H7ClN2O/c9-8-10-4-6(5-11-8)7-2-1-3-12-7/h1-2,4-5,7H,3H2. The summed E-state index contributed by atoms with van der Waals surface area (Å²) >= 11 is 5.54. The molecule has 0 saturated heterocycles. The minimum atomic E-state index is 0.00210. The van der Waals surface area contributed by atoms with Crippen molar-refractivity contribution >= 4 is 11.6 Å². The molecule has 1 aromatic heterocycles. The lowest BCUT2D eigenvalue weighted by atomic mass is 10.2. The van der Waals surface area contributed by atoms with Crippen molar-refractivity contribution in [2.75, 3.05) is 6.61 Å². The Hall–Kier alpha value is -0.930. The van der Waals surface area contributed by atoms with Crippen molar-refractivity contribution < 1.29 is 4.74 Å². The second kappa shape index (κ2) is 3.21. The summed E-state index contributed by atoms with van der Waals surface area (Å²) in [6.07, 6.45) is 7.30. The van der Waals surface area contributed by atoms with E-state index in [2.05, 4.69) is 9.97 Å². The minimum absolute atomic E-state index is 0.00210. The summed E-state index contributed by atoms with van der Waals surface area (Å²) in [5.41, 5.74) is 0.938. The van der Waals surface area contributed by atoms with Crippen molar-refractivity contribution in [3.63, 3.8) is 0 Å². The van der Waals surface area contributed by atoms with Gasteiger partial charge in [0.2, 0.25) is 5.28 Å². The van der Waals surface area contributed by atoms with Crippen molar-refractivity contribution in [2.45, 2.75) is 6.10 Å². The van der Waals surface area contributed by atoms with Crippen molar-refractivity contribution in [1.82, 2.24) is 9.97 Å². The van der Waals surface area contributed by atoms with Crippen LogP contribution in [0.15, 0.2) is 24.5 Å². The molecule has 0 radical (unpaired) electrons. The van der Waals surface area contributed by atoms with Crippen LogP contribution in [0.2, 0.25) is 5.28 Å². The fraction of sp³-hybridized carbons (Fsp3) is 0.250. The van der Waals surface area contributed by atoms with Gasteiger partial charge < -0.3 is 4.74 Å². The first-order chi connectivity index (χ1) is 5.86. The third-order valence-electron chi connectivity index (χ3n) is 1.65. The molecule has 2 heterocycles. The van der Waals surface area contributed by atoms with Crippen molar-refractivity contribution in [3.05, 3.63) is 35.4 Å². The van der Waals surface area contributed by atoms with E-state index in [1.807, 2.05) is 12.2 Å². The molecule has 2 rings (SSSR count). The number of rotatable bonds is 1. The number of halogens is 1. The number of hydrogen-bond acceptors (Lipinski definition) is 3. The number of hydrogen-bond donors (Lipinski definition) is 0. The van der Waals surface area contributed by atoms with Crippen LogP contribution in [0.25, 0.3) is 0 Å². The van der Waals surface area contributed by atoms with E-state index in [1.165, 1.54) is 0 Å². The molecule has 0 saturated carbocycles. The molecule has 0 spiro atoms. The monoisotopic (exact) mass is 182 g/mol. The van der Waals surface area contributed by atoms with Crippen LogP contribution in [0.5, 0.6) is 0 Å². The second-order valence-corrected chi connectivity index (χ2v) is 2.81. The molecule has 62 valence electrons. The summed E-state index contributed by atoms with van der Waals surface area (Å²) in [6.45, 7) is 0.660. The molecule has 0 aliphatic carbocycles. The molecule has 0 aromatic carbocycles. The fourth-order valence-corrected chi connectivity index (χ4v) is 1.17. The highest BCUT2D eigenvalue weighted by atomic mass is 35.5. The first-order valence-corrected chi connectivity index (χ1v) is 4.00. The smallest absolute Gasteiger partial charge is 0.222 e. The molecule has 1 aliphatic rings. The highest BCUT2D eigenvalue weighted by Gasteiger charge is 2.12. The molecular weight excluding hydrogens is 176 g/mol. The summed E-state index contributed by atoms with van der Waals surface area (Å²) in [7, 11) is 0. The Morgan fingerprint density at radius 2 is 2.17 bits per heavy atom. The number of ether oxygens (including phenoxy) is 1. The number of aromatic nitrogens is 2. The highest BCUT2D eigenvalue weighted by molar-refractivity contribution is 6.28. The molecule has 0 amide bonds. The zero-order valence-corrected chi connectivity index (χ0v) is 7.03. The molecule has 0 bridgehead atoms. The second-order valence-electron chi connectivity index (χ2n) is 2.47. The van der Waals surface area contributed by atoms with E-state index in [4.69, 9.17) is 16.3 Å². The molecule has 1 aromatic rings. The molecule has 3 nitrogen and oxygen atoms in total. The predicted octanol–water partition coefficient (Wildman–Crippen LogP) is 1.76. The maximum Gasteiger partial charge on any atom is 0.222 e. The SMILES string of the molecule is Clc1ncc(C2C=CCO2)cn1. The molecule has 12 heavy (non-hydrogen) atoms. The minimum Gasteiger partial charge on any atom is -0.365 e. The van der Waals surface area contributed by atoms with Crippen LogP contribution in [0, 0.1) is 0 Å². The van der Waals surface area contributed by atoms with Crippen LogP contribution < -0.4 is 0 Å². The van der Waals surface area contributed by atoms with Gasteiger partial charge in [-0.1, -0.05) is 12.2 Å². The fourth-order valence-electron chi connectivity index (χ4n) is 1.07. The van der Waals surface area contributed by atoms with Gasteiger partial charge in [0.1, 0.15) is 6.10 Å². The molecule has 1 atom stereocenters. The van der Waals surface area contributed by atoms with Gasteiger partial charge in [-0.2, -0.15) is 0 Å². The van der Waals surface area contributed by atoms with Crippen LogP contribution >= 0.6 is 11.6 Å². The Morgan fingerprint density at radius 1 is 1.42 bits per heavy atom. The molecule has 0 N–H and O–H groups in total. The zero-order valence-electron chi connectivity index (χ0n) is 6.27. The zero-order chi connectivity index (χ0) is 8.39. The van der Waals surface area contributed by atoms with Gasteiger partial charge in [-0.25, -0.2) is 9.97 Å². The van der Waals surface area contributed by atoms with Crippen molar-refractivity contribution in [2.24, 2.45) is 0 Å². The Kier molecular flexibility index (Phi) is 2.06. The summed E-state index contributed by atoms with van der Waals surface area (Å²) < 4.78 is 5.34. The van der Waals surface area contributed by atoms with Crippen LogP contribution in [0.3, 0.4) is 0 Å². The Labute approximate surface area is 75.1 Å². The van der Waals surface area contributed by atoms with Gasteiger partial charge >= 0.3 is 0 Å². The summed E-state index contributed by atoms with van der Waals surface area (Å²) in [5, 5.41) is 0.265. The predicted molar refractivity (Wildman–Crippen MR) is 44.9 cm³/mol. The van der Waals surface area contributed by atoms with Gasteiger partial charge in [0.15, 0.2) is 0 Å². The largest absolute Gasteiger partial charge is 0.365 e. The van der Waals surface area contributed by atoms with E-state index in [0.29, 0.717) is 6.61 Å². The third-order valence-corrected chi connectivity index (χ3v) is 1.85. The molecule has 1 unspecified atom stereocenters. The van der Waals surface area contributed by atoms with Crippen LogP contribution in [0.1, 0.15) is 11.7 Å². The topological polar surface area (TPSA) is 35.0 Å². The lowest BCUT2D eigenvalue weighted by Gasteiger charge is -2.06. The van der Waals surface area contributed by atoms with Crippen molar-refractivity contribution in [3.8, 4) is 0 Å². The molecule has 0 fully saturated rings. The average molecular weight is 183 g/mol. The summed E-state index contributed by atoms with van der Waals surface area (Å²) in [5.74, 6) is 0. The maximum absolute atomic E-state index is 5.54. The van der Waals surface area contributed by atoms with E-state index < -0.39 is 0 Å². The van der Waals surface area contributed by atoms with Gasteiger partial charge in [0.25, 0.3) is 0 Å². The van der Waals surface area contributed by atoms with Crippen LogP contribution in [-0.2, 0) is 4.74 Å². The van der Waals surface area contributed by atoms with Gasteiger partial charge in [-0.05, 0) is 11.6 Å². The first kappa shape index (κ1) is 7.71. The number of nitrogens with zero attached hydrogens (tertiary/aromatic N) is 2.